The molecule has 3 rings (SSSR count). The van der Waals surface area contributed by atoms with Crippen molar-refractivity contribution in [1.82, 2.24) is 15.0 Å². The molecule has 0 aromatic carbocycles. The third-order valence-corrected chi connectivity index (χ3v) is 3.57. The molecule has 0 amide bonds. The summed E-state index contributed by atoms with van der Waals surface area (Å²) in [5, 5.41) is 6.77. The van der Waals surface area contributed by atoms with Gasteiger partial charge in [0.05, 0.1) is 0 Å². The monoisotopic (exact) mass is 269 g/mol. The number of rotatable bonds is 5. The van der Waals surface area contributed by atoms with E-state index in [4.69, 9.17) is 0 Å². The molecule has 2 N–H and O–H groups in total. The van der Waals surface area contributed by atoms with Gasteiger partial charge in [-0.25, -0.2) is 9.97 Å². The summed E-state index contributed by atoms with van der Waals surface area (Å²) in [6.07, 6.45) is 10.3. The van der Waals surface area contributed by atoms with Gasteiger partial charge in [-0.15, -0.1) is 0 Å². The van der Waals surface area contributed by atoms with E-state index in [0.717, 1.165) is 17.2 Å². The molecule has 0 atom stereocenters. The Balaban J connectivity index is 1.59. The summed E-state index contributed by atoms with van der Waals surface area (Å²) < 4.78 is 0. The highest BCUT2D eigenvalue weighted by molar-refractivity contribution is 5.47. The van der Waals surface area contributed by atoms with Gasteiger partial charge in [0, 0.05) is 31.0 Å². The summed E-state index contributed by atoms with van der Waals surface area (Å²) in [4.78, 5) is 12.6. The maximum atomic E-state index is 4.28. The van der Waals surface area contributed by atoms with Crippen LogP contribution in [0, 0.1) is 0 Å². The van der Waals surface area contributed by atoms with Crippen molar-refractivity contribution in [2.24, 2.45) is 0 Å². The lowest BCUT2D eigenvalue weighted by Gasteiger charge is -2.13. The Kier molecular flexibility index (Phi) is 4.06. The van der Waals surface area contributed by atoms with E-state index in [1.54, 1.807) is 12.5 Å². The van der Waals surface area contributed by atoms with Crippen LogP contribution in [-0.2, 0) is 6.54 Å². The van der Waals surface area contributed by atoms with E-state index in [1.165, 1.54) is 25.7 Å². The first-order chi connectivity index (χ1) is 9.90. The zero-order chi connectivity index (χ0) is 13.6. The number of anilines is 2. The van der Waals surface area contributed by atoms with Crippen LogP contribution in [-0.4, -0.2) is 21.0 Å². The van der Waals surface area contributed by atoms with E-state index in [0.29, 0.717) is 12.6 Å². The van der Waals surface area contributed by atoms with Crippen LogP contribution in [0.2, 0.25) is 0 Å². The standard InChI is InChI=1S/C15H19N5/c1-2-6-13(5-1)20-15-8-14(18-11-19-15)17-10-12-4-3-7-16-9-12/h3-4,7-9,11,13H,1-2,5-6,10H2,(H2,17,18,19,20). The average Bonchev–Trinajstić information content (AvgIpc) is 3.00. The molecule has 20 heavy (non-hydrogen) atoms. The van der Waals surface area contributed by atoms with Crippen molar-refractivity contribution in [2.75, 3.05) is 10.6 Å². The first kappa shape index (κ1) is 12.8. The van der Waals surface area contributed by atoms with Crippen LogP contribution in [0.5, 0.6) is 0 Å². The smallest absolute Gasteiger partial charge is 0.131 e. The summed E-state index contributed by atoms with van der Waals surface area (Å²) in [6.45, 7) is 0.716. The molecule has 104 valence electrons. The number of nitrogens with zero attached hydrogens (tertiary/aromatic N) is 3. The minimum absolute atomic E-state index is 0.566. The van der Waals surface area contributed by atoms with Crippen molar-refractivity contribution >= 4 is 11.6 Å². The predicted octanol–water partition coefficient (Wildman–Crippen LogP) is 2.84. The number of hydrogen-bond donors (Lipinski definition) is 2. The Morgan fingerprint density at radius 1 is 1.15 bits per heavy atom. The van der Waals surface area contributed by atoms with Gasteiger partial charge in [0.2, 0.25) is 0 Å². The lowest BCUT2D eigenvalue weighted by Crippen LogP contribution is -2.15. The van der Waals surface area contributed by atoms with Crippen molar-refractivity contribution in [2.45, 2.75) is 38.3 Å². The number of aromatic nitrogens is 3. The molecule has 1 fully saturated rings. The maximum Gasteiger partial charge on any atom is 0.131 e. The van der Waals surface area contributed by atoms with Crippen LogP contribution < -0.4 is 10.6 Å². The third-order valence-electron chi connectivity index (χ3n) is 3.57. The van der Waals surface area contributed by atoms with Gasteiger partial charge in [0.1, 0.15) is 18.0 Å². The highest BCUT2D eigenvalue weighted by atomic mass is 15.1. The van der Waals surface area contributed by atoms with Gasteiger partial charge in [-0.2, -0.15) is 0 Å². The van der Waals surface area contributed by atoms with Crippen LogP contribution in [0.3, 0.4) is 0 Å². The van der Waals surface area contributed by atoms with Gasteiger partial charge in [0.15, 0.2) is 0 Å². The molecule has 0 saturated heterocycles. The first-order valence-corrected chi connectivity index (χ1v) is 7.11. The zero-order valence-corrected chi connectivity index (χ0v) is 11.4. The van der Waals surface area contributed by atoms with Crippen molar-refractivity contribution in [3.05, 3.63) is 42.5 Å². The minimum Gasteiger partial charge on any atom is -0.367 e. The summed E-state index contributed by atoms with van der Waals surface area (Å²) in [7, 11) is 0. The Morgan fingerprint density at radius 2 is 2.00 bits per heavy atom. The molecule has 1 aliphatic rings. The normalized spacial score (nSPS) is 15.2. The molecule has 0 unspecified atom stereocenters. The van der Waals surface area contributed by atoms with E-state index in [1.807, 2.05) is 24.4 Å². The molecule has 1 aliphatic carbocycles. The van der Waals surface area contributed by atoms with E-state index >= 15 is 0 Å². The van der Waals surface area contributed by atoms with Crippen LogP contribution in [0.1, 0.15) is 31.2 Å². The molecule has 0 radical (unpaired) electrons. The number of pyridine rings is 1. The van der Waals surface area contributed by atoms with Gasteiger partial charge >= 0.3 is 0 Å². The van der Waals surface area contributed by atoms with Crippen molar-refractivity contribution in [3.63, 3.8) is 0 Å². The molecule has 0 spiro atoms. The molecule has 5 nitrogen and oxygen atoms in total. The van der Waals surface area contributed by atoms with Crippen LogP contribution in [0.15, 0.2) is 36.9 Å². The van der Waals surface area contributed by atoms with E-state index in [-0.39, 0.29) is 0 Å². The Labute approximate surface area is 118 Å². The summed E-state index contributed by atoms with van der Waals surface area (Å²) in [5.41, 5.74) is 1.14. The second-order valence-corrected chi connectivity index (χ2v) is 5.13. The van der Waals surface area contributed by atoms with E-state index < -0.39 is 0 Å². The van der Waals surface area contributed by atoms with E-state index in [9.17, 15) is 0 Å². The van der Waals surface area contributed by atoms with Gasteiger partial charge in [0.25, 0.3) is 0 Å². The molecule has 2 aromatic rings. The number of nitrogens with one attached hydrogen (secondary N) is 2. The quantitative estimate of drug-likeness (QED) is 0.874. The van der Waals surface area contributed by atoms with Crippen molar-refractivity contribution < 1.29 is 0 Å². The molecular weight excluding hydrogens is 250 g/mol. The molecular formula is C15H19N5. The number of hydrogen-bond acceptors (Lipinski definition) is 5. The second-order valence-electron chi connectivity index (χ2n) is 5.13. The Hall–Kier alpha value is -2.17. The highest BCUT2D eigenvalue weighted by Gasteiger charge is 2.14. The first-order valence-electron chi connectivity index (χ1n) is 7.11. The Bertz CT molecular complexity index is 537. The lowest BCUT2D eigenvalue weighted by atomic mass is 10.2. The molecule has 2 aromatic heterocycles. The molecule has 0 bridgehead atoms. The van der Waals surface area contributed by atoms with Gasteiger partial charge < -0.3 is 10.6 Å². The van der Waals surface area contributed by atoms with Crippen LogP contribution >= 0.6 is 0 Å². The average molecular weight is 269 g/mol. The highest BCUT2D eigenvalue weighted by Crippen LogP contribution is 2.21. The summed E-state index contributed by atoms with van der Waals surface area (Å²) in [6, 6.07) is 6.51. The SMILES string of the molecule is c1cncc(CNc2cc(NC3CCCC3)ncn2)c1. The van der Waals surface area contributed by atoms with E-state index in [2.05, 4.69) is 25.6 Å². The second kappa shape index (κ2) is 6.32. The fourth-order valence-corrected chi connectivity index (χ4v) is 2.51. The summed E-state index contributed by atoms with van der Waals surface area (Å²) >= 11 is 0. The van der Waals surface area contributed by atoms with Crippen molar-refractivity contribution in [3.8, 4) is 0 Å². The fraction of sp³-hybridized carbons (Fsp3) is 0.400. The zero-order valence-electron chi connectivity index (χ0n) is 11.4. The lowest BCUT2D eigenvalue weighted by molar-refractivity contribution is 0.750. The van der Waals surface area contributed by atoms with Crippen LogP contribution in [0.25, 0.3) is 0 Å². The third kappa shape index (κ3) is 3.44. The maximum absolute atomic E-state index is 4.28. The Morgan fingerprint density at radius 3 is 2.80 bits per heavy atom. The largest absolute Gasteiger partial charge is 0.367 e. The van der Waals surface area contributed by atoms with Gasteiger partial charge in [-0.1, -0.05) is 18.9 Å². The van der Waals surface area contributed by atoms with Gasteiger partial charge in [-0.05, 0) is 24.5 Å². The molecule has 2 heterocycles. The fourth-order valence-electron chi connectivity index (χ4n) is 2.51. The predicted molar refractivity (Wildman–Crippen MR) is 79.5 cm³/mol. The van der Waals surface area contributed by atoms with Gasteiger partial charge in [-0.3, -0.25) is 4.98 Å². The topological polar surface area (TPSA) is 62.7 Å². The summed E-state index contributed by atoms with van der Waals surface area (Å²) in [5.74, 6) is 1.74. The molecule has 0 aliphatic heterocycles. The molecule has 5 heteroatoms. The minimum atomic E-state index is 0.566. The molecule has 1 saturated carbocycles. The van der Waals surface area contributed by atoms with Crippen molar-refractivity contribution in [1.29, 1.82) is 0 Å². The van der Waals surface area contributed by atoms with Crippen LogP contribution in [0.4, 0.5) is 11.6 Å².